The molecular formula is C17H20ClN3O2. The lowest BCUT2D eigenvalue weighted by Gasteiger charge is -2.23. The molecule has 2 aromatic rings. The third-order valence-corrected chi connectivity index (χ3v) is 4.59. The number of likely N-dealkylation sites (N-methyl/N-ethyl adjacent to an activating group) is 1. The van der Waals surface area contributed by atoms with Gasteiger partial charge in [-0.1, -0.05) is 17.7 Å². The molecule has 0 unspecified atom stereocenters. The van der Waals surface area contributed by atoms with Crippen LogP contribution in [0.3, 0.4) is 0 Å². The zero-order chi connectivity index (χ0) is 16.6. The van der Waals surface area contributed by atoms with Crippen LogP contribution in [0.25, 0.3) is 5.69 Å². The predicted octanol–water partition coefficient (Wildman–Crippen LogP) is 3.00. The minimum Gasteiger partial charge on any atom is -0.461 e. The zero-order valence-corrected chi connectivity index (χ0v) is 14.4. The molecule has 0 aliphatic carbocycles. The van der Waals surface area contributed by atoms with Crippen LogP contribution in [-0.2, 0) is 17.7 Å². The Morgan fingerprint density at radius 3 is 2.96 bits per heavy atom. The molecule has 0 saturated heterocycles. The van der Waals surface area contributed by atoms with Gasteiger partial charge in [0.1, 0.15) is 0 Å². The molecule has 0 bridgehead atoms. The second-order valence-corrected chi connectivity index (χ2v) is 6.19. The molecule has 5 nitrogen and oxygen atoms in total. The van der Waals surface area contributed by atoms with Crippen molar-refractivity contribution in [3.05, 3.63) is 45.7 Å². The number of nitrogens with zero attached hydrogens (tertiary/aromatic N) is 3. The Balaban J connectivity index is 2.16. The summed E-state index contributed by atoms with van der Waals surface area (Å²) in [5, 5.41) is 5.27. The lowest BCUT2D eigenvalue weighted by molar-refractivity contribution is 0.0516. The molecule has 6 heteroatoms. The van der Waals surface area contributed by atoms with Gasteiger partial charge < -0.3 is 9.64 Å². The number of rotatable bonds is 3. The van der Waals surface area contributed by atoms with E-state index in [2.05, 4.69) is 10.00 Å². The van der Waals surface area contributed by atoms with Crippen molar-refractivity contribution in [3.63, 3.8) is 0 Å². The van der Waals surface area contributed by atoms with Gasteiger partial charge in [-0.05, 0) is 38.6 Å². The number of carbonyl (C=O) groups is 1. The van der Waals surface area contributed by atoms with Crippen molar-refractivity contribution in [2.75, 3.05) is 20.2 Å². The summed E-state index contributed by atoms with van der Waals surface area (Å²) in [5.74, 6) is -0.363. The molecule has 0 saturated carbocycles. The number of esters is 1. The van der Waals surface area contributed by atoms with E-state index in [4.69, 9.17) is 16.3 Å². The van der Waals surface area contributed by atoms with E-state index >= 15 is 0 Å². The summed E-state index contributed by atoms with van der Waals surface area (Å²) in [4.78, 5) is 14.5. The number of halogens is 1. The number of hydrogen-bond acceptors (Lipinski definition) is 4. The van der Waals surface area contributed by atoms with Gasteiger partial charge in [0.25, 0.3) is 0 Å². The van der Waals surface area contributed by atoms with Crippen LogP contribution in [0.1, 0.15) is 34.2 Å². The summed E-state index contributed by atoms with van der Waals surface area (Å²) in [6.45, 7) is 5.73. The van der Waals surface area contributed by atoms with Gasteiger partial charge in [-0.25, -0.2) is 9.48 Å². The Hall–Kier alpha value is -1.85. The highest BCUT2D eigenvalue weighted by Gasteiger charge is 2.28. The normalized spacial score (nSPS) is 14.6. The highest BCUT2D eigenvalue weighted by atomic mass is 35.5. The van der Waals surface area contributed by atoms with Crippen molar-refractivity contribution in [1.82, 2.24) is 14.7 Å². The van der Waals surface area contributed by atoms with Crippen molar-refractivity contribution < 1.29 is 9.53 Å². The van der Waals surface area contributed by atoms with Gasteiger partial charge in [0.2, 0.25) is 0 Å². The first-order chi connectivity index (χ1) is 11.0. The average molecular weight is 334 g/mol. The zero-order valence-electron chi connectivity index (χ0n) is 13.6. The van der Waals surface area contributed by atoms with Crippen LogP contribution in [0.2, 0.25) is 5.02 Å². The number of aromatic nitrogens is 2. The van der Waals surface area contributed by atoms with Crippen molar-refractivity contribution in [1.29, 1.82) is 0 Å². The van der Waals surface area contributed by atoms with E-state index in [1.807, 2.05) is 36.9 Å². The van der Waals surface area contributed by atoms with Gasteiger partial charge in [-0.15, -0.1) is 0 Å². The maximum atomic E-state index is 12.3. The number of benzene rings is 1. The summed E-state index contributed by atoms with van der Waals surface area (Å²) >= 11 is 6.25. The summed E-state index contributed by atoms with van der Waals surface area (Å²) < 4.78 is 7.03. The van der Waals surface area contributed by atoms with Gasteiger partial charge in [0, 0.05) is 30.1 Å². The predicted molar refractivity (Wildman–Crippen MR) is 89.3 cm³/mol. The molecule has 0 amide bonds. The maximum absolute atomic E-state index is 12.3. The van der Waals surface area contributed by atoms with Crippen LogP contribution in [0.4, 0.5) is 0 Å². The standard InChI is InChI=1S/C17H20ClN3O2/c1-4-23-17(22)16-12-10-20(3)9-8-15(12)21(19-16)14-7-5-6-13(18)11(14)2/h5-7H,4,8-10H2,1-3H3. The molecule has 0 atom stereocenters. The average Bonchev–Trinajstić information content (AvgIpc) is 2.89. The summed E-state index contributed by atoms with van der Waals surface area (Å²) in [5.41, 5.74) is 4.29. The van der Waals surface area contributed by atoms with Gasteiger partial charge in [-0.2, -0.15) is 5.10 Å². The molecule has 0 radical (unpaired) electrons. The van der Waals surface area contributed by atoms with E-state index in [1.165, 1.54) is 0 Å². The largest absolute Gasteiger partial charge is 0.461 e. The number of ether oxygens (including phenoxy) is 1. The van der Waals surface area contributed by atoms with Gasteiger partial charge >= 0.3 is 5.97 Å². The first-order valence-corrected chi connectivity index (χ1v) is 8.12. The molecule has 2 heterocycles. The Kier molecular flexibility index (Phi) is 4.41. The fourth-order valence-electron chi connectivity index (χ4n) is 2.94. The highest BCUT2D eigenvalue weighted by Crippen LogP contribution is 2.28. The van der Waals surface area contributed by atoms with Gasteiger partial charge in [0.15, 0.2) is 5.69 Å². The van der Waals surface area contributed by atoms with E-state index in [0.29, 0.717) is 23.9 Å². The molecule has 1 aliphatic rings. The number of hydrogen-bond donors (Lipinski definition) is 0. The van der Waals surface area contributed by atoms with Crippen LogP contribution < -0.4 is 0 Å². The number of fused-ring (bicyclic) bond motifs is 1. The van der Waals surface area contributed by atoms with E-state index in [0.717, 1.165) is 35.5 Å². The topological polar surface area (TPSA) is 47.4 Å². The lowest BCUT2D eigenvalue weighted by Crippen LogP contribution is -2.28. The van der Waals surface area contributed by atoms with E-state index in [1.54, 1.807) is 6.92 Å². The third kappa shape index (κ3) is 2.86. The molecule has 23 heavy (non-hydrogen) atoms. The molecular weight excluding hydrogens is 314 g/mol. The van der Waals surface area contributed by atoms with Gasteiger partial charge in [-0.3, -0.25) is 0 Å². The van der Waals surface area contributed by atoms with Crippen molar-refractivity contribution >= 4 is 17.6 Å². The molecule has 3 rings (SSSR count). The van der Waals surface area contributed by atoms with Crippen LogP contribution >= 0.6 is 11.6 Å². The second kappa shape index (κ2) is 6.34. The van der Waals surface area contributed by atoms with Crippen LogP contribution in [0.5, 0.6) is 0 Å². The van der Waals surface area contributed by atoms with Crippen LogP contribution in [0.15, 0.2) is 18.2 Å². The van der Waals surface area contributed by atoms with E-state index in [9.17, 15) is 4.79 Å². The second-order valence-electron chi connectivity index (χ2n) is 5.78. The number of carbonyl (C=O) groups excluding carboxylic acids is 1. The molecule has 1 aromatic carbocycles. The Morgan fingerprint density at radius 1 is 1.43 bits per heavy atom. The Morgan fingerprint density at radius 2 is 2.22 bits per heavy atom. The molecule has 0 spiro atoms. The fourth-order valence-corrected chi connectivity index (χ4v) is 3.11. The SMILES string of the molecule is CCOC(=O)c1nn(-c2cccc(Cl)c2C)c2c1CN(C)CC2. The van der Waals surface area contributed by atoms with E-state index in [-0.39, 0.29) is 5.97 Å². The first-order valence-electron chi connectivity index (χ1n) is 7.74. The minimum atomic E-state index is -0.363. The molecule has 1 aliphatic heterocycles. The summed E-state index contributed by atoms with van der Waals surface area (Å²) in [6.07, 6.45) is 0.837. The fraction of sp³-hybridized carbons (Fsp3) is 0.412. The van der Waals surface area contributed by atoms with Crippen molar-refractivity contribution in [3.8, 4) is 5.69 Å². The summed E-state index contributed by atoms with van der Waals surface area (Å²) in [6, 6.07) is 5.73. The lowest BCUT2D eigenvalue weighted by atomic mass is 10.1. The van der Waals surface area contributed by atoms with E-state index < -0.39 is 0 Å². The van der Waals surface area contributed by atoms with Crippen molar-refractivity contribution in [2.45, 2.75) is 26.8 Å². The van der Waals surface area contributed by atoms with Gasteiger partial charge in [0.05, 0.1) is 18.0 Å². The third-order valence-electron chi connectivity index (χ3n) is 4.18. The maximum Gasteiger partial charge on any atom is 0.359 e. The monoisotopic (exact) mass is 333 g/mol. The Bertz CT molecular complexity index is 755. The molecule has 0 N–H and O–H groups in total. The Labute approximate surface area is 140 Å². The van der Waals surface area contributed by atoms with Crippen LogP contribution in [-0.4, -0.2) is 40.8 Å². The molecule has 1 aromatic heterocycles. The van der Waals surface area contributed by atoms with Crippen LogP contribution in [0, 0.1) is 6.92 Å². The highest BCUT2D eigenvalue weighted by molar-refractivity contribution is 6.31. The molecule has 122 valence electrons. The summed E-state index contributed by atoms with van der Waals surface area (Å²) in [7, 11) is 2.04. The smallest absolute Gasteiger partial charge is 0.359 e. The van der Waals surface area contributed by atoms with Crippen molar-refractivity contribution in [2.24, 2.45) is 0 Å². The first kappa shape index (κ1) is 16.0. The minimum absolute atomic E-state index is 0.340. The quantitative estimate of drug-likeness (QED) is 0.810. The molecule has 0 fully saturated rings.